The van der Waals surface area contributed by atoms with Crippen LogP contribution in [0.3, 0.4) is 0 Å². The van der Waals surface area contributed by atoms with Gasteiger partial charge in [-0.25, -0.2) is 0 Å². The molecule has 0 aliphatic carbocycles. The monoisotopic (exact) mass is 491 g/mol. The lowest BCUT2D eigenvalue weighted by Crippen LogP contribution is -2.03. The molecule has 0 fully saturated rings. The number of hydrogen-bond acceptors (Lipinski definition) is 1. The van der Waals surface area contributed by atoms with Crippen LogP contribution < -0.4 is 0 Å². The molecule has 0 aromatic heterocycles. The van der Waals surface area contributed by atoms with Gasteiger partial charge in [-0.3, -0.25) is 4.79 Å². The normalized spacial score (nSPS) is 11.9. The Bertz CT molecular complexity index is 450. The summed E-state index contributed by atoms with van der Waals surface area (Å²) in [6, 6.07) is 0. The second-order valence-corrected chi connectivity index (χ2v) is 11.2. The Hall–Kier alpha value is -0.590. The van der Waals surface area contributed by atoms with E-state index in [4.69, 9.17) is 0 Å². The van der Waals surface area contributed by atoms with E-state index in [-0.39, 0.29) is 0 Å². The third-order valence-electron chi connectivity index (χ3n) is 7.61. The first-order valence-corrected chi connectivity index (χ1v) is 16.5. The molecule has 0 bridgehead atoms. The smallest absolute Gasteiger partial charge is 0.158 e. The van der Waals surface area contributed by atoms with E-state index >= 15 is 0 Å². The molecule has 1 heteroatoms. The van der Waals surface area contributed by atoms with Crippen LogP contribution in [-0.2, 0) is 4.79 Å². The molecular weight excluding hydrogens is 424 g/mol. The van der Waals surface area contributed by atoms with Crippen molar-refractivity contribution in [1.29, 1.82) is 0 Å². The topological polar surface area (TPSA) is 17.1 Å². The average molecular weight is 491 g/mol. The van der Waals surface area contributed by atoms with Crippen LogP contribution in [0.5, 0.6) is 0 Å². The van der Waals surface area contributed by atoms with Crippen LogP contribution in [-0.4, -0.2) is 5.78 Å². The molecule has 0 spiro atoms. The zero-order valence-corrected chi connectivity index (χ0v) is 24.8. The number of rotatable bonds is 29. The number of carbonyl (C=O) groups excluding carboxylic acids is 1. The molecule has 0 aromatic carbocycles. The summed E-state index contributed by atoms with van der Waals surface area (Å²) in [5, 5.41) is 0. The maximum atomic E-state index is 12.9. The molecule has 0 saturated heterocycles. The molecule has 0 heterocycles. The van der Waals surface area contributed by atoms with E-state index in [2.05, 4.69) is 26.8 Å². The van der Waals surface area contributed by atoms with Crippen LogP contribution in [0, 0.1) is 0 Å². The first-order valence-electron chi connectivity index (χ1n) is 16.5. The first kappa shape index (κ1) is 34.4. The Morgan fingerprint density at radius 2 is 0.714 bits per heavy atom. The molecule has 0 saturated carbocycles. The lowest BCUT2D eigenvalue weighted by Gasteiger charge is -2.08. The molecule has 35 heavy (non-hydrogen) atoms. The van der Waals surface area contributed by atoms with E-state index in [9.17, 15) is 4.79 Å². The highest BCUT2D eigenvalue weighted by Gasteiger charge is 2.09. The summed E-state index contributed by atoms with van der Waals surface area (Å²) in [5.41, 5.74) is 1.17. The highest BCUT2D eigenvalue weighted by atomic mass is 16.1. The Morgan fingerprint density at radius 3 is 1.11 bits per heavy atom. The van der Waals surface area contributed by atoms with Gasteiger partial charge in [-0.1, -0.05) is 168 Å². The zero-order chi connectivity index (χ0) is 25.7. The van der Waals surface area contributed by atoms with E-state index in [0.717, 1.165) is 25.7 Å². The summed E-state index contributed by atoms with van der Waals surface area (Å²) in [6.45, 7) is 6.82. The Balaban J connectivity index is 3.76. The fraction of sp³-hybridized carbons (Fsp3) is 0.912. The molecule has 0 aliphatic heterocycles. The van der Waals surface area contributed by atoms with Crippen molar-refractivity contribution < 1.29 is 4.79 Å². The molecule has 0 N–H and O–H groups in total. The summed E-state index contributed by atoms with van der Waals surface area (Å²) < 4.78 is 0. The van der Waals surface area contributed by atoms with E-state index in [1.165, 1.54) is 160 Å². The van der Waals surface area contributed by atoms with Crippen molar-refractivity contribution >= 4 is 5.78 Å². The number of Topliss-reactive ketones (excluding diaryl/α,β-unsaturated/α-hetero) is 1. The van der Waals surface area contributed by atoms with Crippen LogP contribution >= 0.6 is 0 Å². The summed E-state index contributed by atoms with van der Waals surface area (Å²) in [7, 11) is 0. The standard InChI is InChI=1S/C34H66O/c1-4-7-10-13-14-15-16-17-18-19-20-21-22-23-26-29-32-34(35)33(30-27-24-11-8-5-2)31-28-25-12-9-6-3/h30H,4-29,31-32H2,1-3H3. The lowest BCUT2D eigenvalue weighted by atomic mass is 9.96. The van der Waals surface area contributed by atoms with Gasteiger partial charge in [0, 0.05) is 6.42 Å². The molecular formula is C34H66O. The molecule has 1 nitrogen and oxygen atoms in total. The quantitative estimate of drug-likeness (QED) is 0.0752. The number of unbranched alkanes of at least 4 members (excludes halogenated alkanes) is 23. The number of carbonyl (C=O) groups is 1. The van der Waals surface area contributed by atoms with Crippen molar-refractivity contribution in [3.63, 3.8) is 0 Å². The van der Waals surface area contributed by atoms with Crippen molar-refractivity contribution in [1.82, 2.24) is 0 Å². The summed E-state index contributed by atoms with van der Waals surface area (Å²) in [6.07, 6.45) is 39.0. The fourth-order valence-corrected chi connectivity index (χ4v) is 5.12. The van der Waals surface area contributed by atoms with Gasteiger partial charge in [0.05, 0.1) is 0 Å². The van der Waals surface area contributed by atoms with Crippen LogP contribution in [0.1, 0.15) is 201 Å². The Labute approximate surface area is 222 Å². The van der Waals surface area contributed by atoms with Gasteiger partial charge in [0.15, 0.2) is 5.78 Å². The van der Waals surface area contributed by atoms with Gasteiger partial charge in [-0.15, -0.1) is 0 Å². The second kappa shape index (κ2) is 29.6. The Kier molecular flexibility index (Phi) is 29.1. The minimum absolute atomic E-state index is 0.460. The molecule has 0 aromatic rings. The largest absolute Gasteiger partial charge is 0.295 e. The summed E-state index contributed by atoms with van der Waals surface area (Å²) >= 11 is 0. The highest BCUT2D eigenvalue weighted by molar-refractivity contribution is 5.95. The third-order valence-corrected chi connectivity index (χ3v) is 7.61. The van der Waals surface area contributed by atoms with Crippen LogP contribution in [0.2, 0.25) is 0 Å². The lowest BCUT2D eigenvalue weighted by molar-refractivity contribution is -0.115. The Morgan fingerprint density at radius 1 is 0.400 bits per heavy atom. The second-order valence-electron chi connectivity index (χ2n) is 11.2. The molecule has 0 rings (SSSR count). The summed E-state index contributed by atoms with van der Waals surface area (Å²) in [5.74, 6) is 0.460. The van der Waals surface area contributed by atoms with Gasteiger partial charge >= 0.3 is 0 Å². The van der Waals surface area contributed by atoms with Crippen LogP contribution in [0.15, 0.2) is 11.6 Å². The average Bonchev–Trinajstić information content (AvgIpc) is 2.86. The summed E-state index contributed by atoms with van der Waals surface area (Å²) in [4.78, 5) is 12.9. The highest BCUT2D eigenvalue weighted by Crippen LogP contribution is 2.18. The van der Waals surface area contributed by atoms with E-state index in [1.54, 1.807) is 0 Å². The third kappa shape index (κ3) is 26.3. The molecule has 208 valence electrons. The predicted octanol–water partition coefficient (Wildman–Crippen LogP) is 12.5. The van der Waals surface area contributed by atoms with Crippen molar-refractivity contribution in [2.24, 2.45) is 0 Å². The number of ketones is 1. The zero-order valence-electron chi connectivity index (χ0n) is 24.8. The van der Waals surface area contributed by atoms with Gasteiger partial charge in [0.2, 0.25) is 0 Å². The van der Waals surface area contributed by atoms with E-state index in [1.807, 2.05) is 0 Å². The minimum atomic E-state index is 0.460. The number of allylic oxidation sites excluding steroid dienone is 2. The molecule has 0 atom stereocenters. The molecule has 0 amide bonds. The van der Waals surface area contributed by atoms with Crippen LogP contribution in [0.25, 0.3) is 0 Å². The first-order chi connectivity index (χ1) is 17.3. The maximum absolute atomic E-state index is 12.9. The molecule has 0 radical (unpaired) electrons. The van der Waals surface area contributed by atoms with Crippen molar-refractivity contribution in [3.8, 4) is 0 Å². The van der Waals surface area contributed by atoms with Crippen molar-refractivity contribution in [2.45, 2.75) is 201 Å². The van der Waals surface area contributed by atoms with Crippen molar-refractivity contribution in [2.75, 3.05) is 0 Å². The van der Waals surface area contributed by atoms with E-state index < -0.39 is 0 Å². The maximum Gasteiger partial charge on any atom is 0.158 e. The van der Waals surface area contributed by atoms with Gasteiger partial charge in [0.1, 0.15) is 0 Å². The molecule has 0 aliphatic rings. The van der Waals surface area contributed by atoms with Gasteiger partial charge < -0.3 is 0 Å². The van der Waals surface area contributed by atoms with Gasteiger partial charge in [0.25, 0.3) is 0 Å². The SMILES string of the molecule is CCCCCCC=C(CCCCCCC)C(=O)CCCCCCCCCCCCCCCCCC. The number of hydrogen-bond donors (Lipinski definition) is 0. The van der Waals surface area contributed by atoms with Crippen LogP contribution in [0.4, 0.5) is 0 Å². The van der Waals surface area contributed by atoms with Gasteiger partial charge in [-0.2, -0.15) is 0 Å². The van der Waals surface area contributed by atoms with E-state index in [0.29, 0.717) is 5.78 Å². The van der Waals surface area contributed by atoms with Gasteiger partial charge in [-0.05, 0) is 37.7 Å². The fourth-order valence-electron chi connectivity index (χ4n) is 5.12. The molecule has 0 unspecified atom stereocenters. The minimum Gasteiger partial charge on any atom is -0.295 e. The predicted molar refractivity (Wildman–Crippen MR) is 159 cm³/mol. The van der Waals surface area contributed by atoms with Crippen molar-refractivity contribution in [3.05, 3.63) is 11.6 Å².